The predicted octanol–water partition coefficient (Wildman–Crippen LogP) is 5.19. The highest BCUT2D eigenvalue weighted by atomic mass is 32.2. The number of anilines is 2. The van der Waals surface area contributed by atoms with Crippen LogP contribution in [0.15, 0.2) is 64.5 Å². The number of halogens is 1. The molecular formula is C34H36FN7O4S. The highest BCUT2D eigenvalue weighted by Gasteiger charge is 2.45. The molecule has 1 atom stereocenters. The van der Waals surface area contributed by atoms with Crippen molar-refractivity contribution in [3.63, 3.8) is 0 Å². The molecule has 3 heterocycles. The average molecular weight is 658 g/mol. The molecule has 13 heteroatoms. The third-order valence-electron chi connectivity index (χ3n) is 8.95. The number of fused-ring (bicyclic) bond motifs is 1. The van der Waals surface area contributed by atoms with Gasteiger partial charge in [0.2, 0.25) is 15.9 Å². The summed E-state index contributed by atoms with van der Waals surface area (Å²) in [5.74, 6) is -0.900. The maximum Gasteiger partial charge on any atom is 0.272 e. The second-order valence-electron chi connectivity index (χ2n) is 12.5. The molecule has 2 aliphatic rings. The maximum absolute atomic E-state index is 15.1. The molecule has 244 valence electrons. The number of H-pyrrole nitrogens is 1. The van der Waals surface area contributed by atoms with Crippen molar-refractivity contribution in [2.45, 2.75) is 81.8 Å². The van der Waals surface area contributed by atoms with E-state index in [0.29, 0.717) is 28.1 Å². The van der Waals surface area contributed by atoms with Crippen LogP contribution in [0.5, 0.6) is 0 Å². The Hall–Kier alpha value is -4.67. The van der Waals surface area contributed by atoms with Crippen molar-refractivity contribution in [3.05, 3.63) is 87.9 Å². The van der Waals surface area contributed by atoms with Crippen LogP contribution in [0, 0.1) is 17.1 Å². The van der Waals surface area contributed by atoms with Gasteiger partial charge < -0.3 is 10.2 Å². The largest absolute Gasteiger partial charge is 0.379 e. The van der Waals surface area contributed by atoms with Gasteiger partial charge in [-0.2, -0.15) is 14.7 Å². The van der Waals surface area contributed by atoms with Gasteiger partial charge in [0.25, 0.3) is 5.56 Å². The van der Waals surface area contributed by atoms with Gasteiger partial charge in [-0.05, 0) is 81.0 Å². The van der Waals surface area contributed by atoms with E-state index in [1.54, 1.807) is 32.0 Å². The minimum absolute atomic E-state index is 0.0490. The zero-order valence-corrected chi connectivity index (χ0v) is 27.1. The first-order valence-electron chi connectivity index (χ1n) is 15.8. The molecular weight excluding hydrogens is 621 g/mol. The van der Waals surface area contributed by atoms with E-state index in [1.807, 2.05) is 24.4 Å². The van der Waals surface area contributed by atoms with E-state index in [1.165, 1.54) is 30.4 Å². The minimum Gasteiger partial charge on any atom is -0.379 e. The molecule has 47 heavy (non-hydrogen) atoms. The minimum atomic E-state index is -4.35. The molecule has 11 nitrogen and oxygen atoms in total. The Morgan fingerprint density at radius 1 is 1.13 bits per heavy atom. The maximum atomic E-state index is 15.1. The lowest BCUT2D eigenvalue weighted by atomic mass is 9.85. The van der Waals surface area contributed by atoms with Crippen molar-refractivity contribution in [3.8, 4) is 6.07 Å². The number of rotatable bonds is 9. The van der Waals surface area contributed by atoms with Crippen LogP contribution in [-0.4, -0.2) is 52.4 Å². The van der Waals surface area contributed by atoms with Gasteiger partial charge in [0, 0.05) is 29.9 Å². The van der Waals surface area contributed by atoms with E-state index in [-0.39, 0.29) is 42.4 Å². The zero-order chi connectivity index (χ0) is 33.3. The summed E-state index contributed by atoms with van der Waals surface area (Å²) in [5.41, 5.74) is 1.63. The van der Waals surface area contributed by atoms with Gasteiger partial charge in [-0.3, -0.25) is 14.6 Å². The van der Waals surface area contributed by atoms with Gasteiger partial charge in [-0.15, -0.1) is 0 Å². The Labute approximate surface area is 272 Å². The fourth-order valence-corrected chi connectivity index (χ4v) is 8.05. The van der Waals surface area contributed by atoms with Crippen LogP contribution < -0.4 is 15.8 Å². The van der Waals surface area contributed by atoms with Crippen molar-refractivity contribution >= 4 is 38.1 Å². The number of aromatic nitrogens is 3. The lowest BCUT2D eigenvalue weighted by molar-refractivity contribution is -0.125. The second kappa shape index (κ2) is 13.2. The summed E-state index contributed by atoms with van der Waals surface area (Å²) >= 11 is 0. The Morgan fingerprint density at radius 2 is 1.91 bits per heavy atom. The Morgan fingerprint density at radius 3 is 2.57 bits per heavy atom. The predicted molar refractivity (Wildman–Crippen MR) is 176 cm³/mol. The van der Waals surface area contributed by atoms with Gasteiger partial charge in [0.15, 0.2) is 0 Å². The van der Waals surface area contributed by atoms with Crippen molar-refractivity contribution in [1.29, 1.82) is 5.26 Å². The van der Waals surface area contributed by atoms with E-state index in [2.05, 4.69) is 20.5 Å². The van der Waals surface area contributed by atoms with Crippen LogP contribution in [0.1, 0.15) is 75.1 Å². The lowest BCUT2D eigenvalue weighted by Gasteiger charge is -2.41. The van der Waals surface area contributed by atoms with Crippen molar-refractivity contribution in [2.75, 3.05) is 16.8 Å². The quantitative estimate of drug-likeness (QED) is 0.249. The van der Waals surface area contributed by atoms with Crippen LogP contribution in [-0.2, 0) is 21.4 Å². The number of benzene rings is 2. The molecule has 0 unspecified atom stereocenters. The number of carbonyl (C=O) groups excluding carboxylic acids is 1. The topological polar surface area (TPSA) is 152 Å². The van der Waals surface area contributed by atoms with Crippen LogP contribution in [0.4, 0.5) is 15.8 Å². The third-order valence-corrected chi connectivity index (χ3v) is 10.8. The normalized spacial score (nSPS) is 17.3. The fraction of sp³-hybridized carbons (Fsp3) is 0.382. The van der Waals surface area contributed by atoms with E-state index in [4.69, 9.17) is 0 Å². The Balaban J connectivity index is 1.32. The van der Waals surface area contributed by atoms with E-state index >= 15 is 4.39 Å². The van der Waals surface area contributed by atoms with Gasteiger partial charge in [-0.25, -0.2) is 17.9 Å². The molecule has 2 fully saturated rings. The zero-order valence-electron chi connectivity index (χ0n) is 26.2. The molecule has 4 aromatic rings. The summed E-state index contributed by atoms with van der Waals surface area (Å²) in [6.07, 6.45) is 9.47. The molecule has 0 spiro atoms. The number of hydrogen-bond donors (Lipinski definition) is 2. The van der Waals surface area contributed by atoms with Crippen molar-refractivity contribution in [1.82, 2.24) is 19.5 Å². The highest BCUT2D eigenvalue weighted by molar-refractivity contribution is 7.89. The number of nitrogens with zero attached hydrogens (tertiary/aromatic N) is 5. The van der Waals surface area contributed by atoms with Gasteiger partial charge in [0.05, 0.1) is 40.0 Å². The molecule has 1 aliphatic carbocycles. The highest BCUT2D eigenvalue weighted by Crippen LogP contribution is 2.35. The molecule has 1 saturated heterocycles. The van der Waals surface area contributed by atoms with Crippen LogP contribution in [0.3, 0.4) is 0 Å². The number of nitriles is 1. The molecule has 1 aliphatic heterocycles. The summed E-state index contributed by atoms with van der Waals surface area (Å²) in [7, 11) is -4.35. The van der Waals surface area contributed by atoms with Gasteiger partial charge in [-0.1, -0.05) is 25.3 Å². The van der Waals surface area contributed by atoms with Crippen LogP contribution >= 0.6 is 0 Å². The first-order chi connectivity index (χ1) is 22.6. The number of carbonyl (C=O) groups is 1. The summed E-state index contributed by atoms with van der Waals surface area (Å²) < 4.78 is 43.8. The summed E-state index contributed by atoms with van der Waals surface area (Å²) in [5, 5.41) is 19.7. The summed E-state index contributed by atoms with van der Waals surface area (Å²) in [6, 6.07) is 11.5. The second-order valence-corrected chi connectivity index (χ2v) is 14.4. The van der Waals surface area contributed by atoms with E-state index in [0.717, 1.165) is 34.8 Å². The number of nitrogens with one attached hydrogen (secondary N) is 2. The molecule has 1 amide bonds. The molecule has 0 bridgehead atoms. The molecule has 0 radical (unpaired) electrons. The number of sulfonamides is 1. The monoisotopic (exact) mass is 657 g/mol. The average Bonchev–Trinajstić information content (AvgIpc) is 3.04. The SMILES string of the molecule is CC(C)Nc1c(F)cc(S(=O)(=O)N2CC[C@@H]2C(=O)N(Cc2ccc(C3CCCCC3)cn2)c2ccc3c(=O)[nH]ncc3c2)cc1C#N. The number of hydrogen-bond acceptors (Lipinski definition) is 8. The molecule has 2 N–H and O–H groups in total. The first kappa shape index (κ1) is 32.3. The summed E-state index contributed by atoms with van der Waals surface area (Å²) in [4.78, 5) is 32.3. The third kappa shape index (κ3) is 6.48. The Kier molecular flexibility index (Phi) is 9.07. The van der Waals surface area contributed by atoms with Gasteiger partial charge in [0.1, 0.15) is 17.9 Å². The standard InChI is InChI=1S/C34H36FN7O4S/c1-21(2)39-32-24(17-36)15-28(16-30(32)35)47(45,46)42-13-12-31(42)34(44)41(27-10-11-29-25(14-27)19-38-40-33(29)43)20-26-9-8-23(18-37-26)22-6-4-3-5-7-22/h8-11,14-16,18-19,21-22,31,39H,3-7,12-13,20H2,1-2H3,(H,40,43)/t31-/m1/s1. The van der Waals surface area contributed by atoms with E-state index < -0.39 is 32.7 Å². The number of amides is 1. The number of aromatic amines is 1. The Bertz CT molecular complexity index is 2020. The fourth-order valence-electron chi connectivity index (χ4n) is 6.39. The first-order valence-corrected chi connectivity index (χ1v) is 17.3. The molecule has 2 aromatic heterocycles. The van der Waals surface area contributed by atoms with E-state index in [9.17, 15) is 23.3 Å². The summed E-state index contributed by atoms with van der Waals surface area (Å²) in [6.45, 7) is 3.66. The van der Waals surface area contributed by atoms with Crippen LogP contribution in [0.25, 0.3) is 10.8 Å². The van der Waals surface area contributed by atoms with Crippen LogP contribution in [0.2, 0.25) is 0 Å². The van der Waals surface area contributed by atoms with Crippen molar-refractivity contribution in [2.24, 2.45) is 0 Å². The molecule has 6 rings (SSSR count). The molecule has 2 aromatic carbocycles. The van der Waals surface area contributed by atoms with Crippen molar-refractivity contribution < 1.29 is 17.6 Å². The number of pyridine rings is 1. The lowest BCUT2D eigenvalue weighted by Crippen LogP contribution is -2.59. The smallest absolute Gasteiger partial charge is 0.272 e. The molecule has 1 saturated carbocycles. The van der Waals surface area contributed by atoms with Gasteiger partial charge >= 0.3 is 0 Å².